The van der Waals surface area contributed by atoms with Crippen molar-refractivity contribution in [2.24, 2.45) is 0 Å². The Morgan fingerprint density at radius 3 is 2.42 bits per heavy atom. The average Bonchev–Trinajstić information content (AvgIpc) is 2.39. The van der Waals surface area contributed by atoms with Crippen LogP contribution in [0.3, 0.4) is 0 Å². The molecule has 0 aliphatic rings. The summed E-state index contributed by atoms with van der Waals surface area (Å²) in [5.41, 5.74) is 0.717. The van der Waals surface area contributed by atoms with Crippen LogP contribution in [0, 0.1) is 0 Å². The van der Waals surface area contributed by atoms with E-state index in [2.05, 4.69) is 9.47 Å². The van der Waals surface area contributed by atoms with Crippen LogP contribution in [0.25, 0.3) is 6.08 Å². The third kappa shape index (κ3) is 4.58. The topological polar surface area (TPSA) is 52.6 Å². The van der Waals surface area contributed by atoms with Crippen LogP contribution in [0.4, 0.5) is 0 Å². The van der Waals surface area contributed by atoms with Gasteiger partial charge in [-0.3, -0.25) is 4.79 Å². The summed E-state index contributed by atoms with van der Waals surface area (Å²) in [6, 6.07) is 4.82. The first-order chi connectivity index (χ1) is 8.97. The molecule has 0 fully saturated rings. The molecular weight excluding hydrogens is 291 g/mol. The Bertz CT molecular complexity index is 523. The summed E-state index contributed by atoms with van der Waals surface area (Å²) in [6.07, 6.45) is 1.28. The van der Waals surface area contributed by atoms with Crippen molar-refractivity contribution in [2.45, 2.75) is 6.42 Å². The highest BCUT2D eigenvalue weighted by Gasteiger charge is 2.15. The molecule has 0 unspecified atom stereocenters. The van der Waals surface area contributed by atoms with E-state index in [1.807, 2.05) is 0 Å². The van der Waals surface area contributed by atoms with Gasteiger partial charge in [0.2, 0.25) is 0 Å². The van der Waals surface area contributed by atoms with Gasteiger partial charge in [-0.2, -0.15) is 0 Å². The Morgan fingerprint density at radius 1 is 1.21 bits per heavy atom. The normalized spacial score (nSPS) is 11.1. The lowest BCUT2D eigenvalue weighted by atomic mass is 10.1. The highest BCUT2D eigenvalue weighted by atomic mass is 35.5. The molecule has 0 radical (unpaired) electrons. The Balaban J connectivity index is 3.11. The lowest BCUT2D eigenvalue weighted by Gasteiger charge is -2.06. The third-order valence-corrected chi connectivity index (χ3v) is 2.86. The van der Waals surface area contributed by atoms with Gasteiger partial charge in [-0.05, 0) is 23.8 Å². The van der Waals surface area contributed by atoms with Crippen molar-refractivity contribution in [2.75, 3.05) is 14.2 Å². The maximum Gasteiger partial charge on any atom is 0.334 e. The summed E-state index contributed by atoms with van der Waals surface area (Å²) in [7, 11) is 2.48. The lowest BCUT2D eigenvalue weighted by Crippen LogP contribution is -2.11. The second kappa shape index (κ2) is 7.16. The number of carbonyl (C=O) groups is 2. The van der Waals surface area contributed by atoms with E-state index in [1.54, 1.807) is 18.2 Å². The first kappa shape index (κ1) is 15.5. The molecule has 1 rings (SSSR count). The minimum Gasteiger partial charge on any atom is -0.469 e. The van der Waals surface area contributed by atoms with Crippen LogP contribution in [0.15, 0.2) is 23.8 Å². The Morgan fingerprint density at radius 2 is 1.89 bits per heavy atom. The first-order valence-electron chi connectivity index (χ1n) is 5.28. The van der Waals surface area contributed by atoms with Gasteiger partial charge in [0, 0.05) is 15.6 Å². The van der Waals surface area contributed by atoms with E-state index in [4.69, 9.17) is 23.2 Å². The molecule has 6 heteroatoms. The molecule has 0 saturated carbocycles. The Hall–Kier alpha value is -1.52. The zero-order valence-corrected chi connectivity index (χ0v) is 11.9. The van der Waals surface area contributed by atoms with Crippen molar-refractivity contribution < 1.29 is 19.1 Å². The summed E-state index contributed by atoms with van der Waals surface area (Å²) < 4.78 is 9.13. The molecule has 0 saturated heterocycles. The van der Waals surface area contributed by atoms with Gasteiger partial charge in [0.1, 0.15) is 0 Å². The number of methoxy groups -OCH3 is 2. The summed E-state index contributed by atoms with van der Waals surface area (Å²) in [5.74, 6) is -1.15. The number of halogens is 2. The molecule has 0 atom stereocenters. The number of carbonyl (C=O) groups excluding carboxylic acids is 2. The van der Waals surface area contributed by atoms with Gasteiger partial charge >= 0.3 is 11.9 Å². The van der Waals surface area contributed by atoms with Crippen molar-refractivity contribution in [3.8, 4) is 0 Å². The Labute approximate surface area is 120 Å². The molecule has 0 aromatic heterocycles. The fourth-order valence-electron chi connectivity index (χ4n) is 1.35. The molecule has 19 heavy (non-hydrogen) atoms. The molecule has 0 amide bonds. The maximum atomic E-state index is 11.6. The maximum absolute atomic E-state index is 11.6. The molecule has 1 aromatic rings. The van der Waals surface area contributed by atoms with E-state index in [-0.39, 0.29) is 12.0 Å². The van der Waals surface area contributed by atoms with Gasteiger partial charge in [0.25, 0.3) is 0 Å². The first-order valence-corrected chi connectivity index (χ1v) is 6.04. The summed E-state index contributed by atoms with van der Waals surface area (Å²) in [6.45, 7) is 0. The van der Waals surface area contributed by atoms with E-state index in [0.29, 0.717) is 15.6 Å². The zero-order chi connectivity index (χ0) is 14.4. The van der Waals surface area contributed by atoms with Gasteiger partial charge < -0.3 is 9.47 Å². The molecule has 1 aromatic carbocycles. The zero-order valence-electron chi connectivity index (χ0n) is 10.4. The highest BCUT2D eigenvalue weighted by Crippen LogP contribution is 2.24. The average molecular weight is 303 g/mol. The largest absolute Gasteiger partial charge is 0.469 e. The number of rotatable bonds is 4. The molecule has 0 bridgehead atoms. The lowest BCUT2D eigenvalue weighted by molar-refractivity contribution is -0.143. The SMILES string of the molecule is COC(=O)C/C(=C/c1ccc(Cl)cc1Cl)C(=O)OC. The van der Waals surface area contributed by atoms with Crippen molar-refractivity contribution in [3.63, 3.8) is 0 Å². The molecule has 0 aliphatic heterocycles. The van der Waals surface area contributed by atoms with Gasteiger partial charge in [0.05, 0.1) is 20.6 Å². The predicted octanol–water partition coefficient (Wildman–Crippen LogP) is 3.11. The monoisotopic (exact) mass is 302 g/mol. The fraction of sp³-hybridized carbons (Fsp3) is 0.231. The highest BCUT2D eigenvalue weighted by molar-refractivity contribution is 6.35. The van der Waals surface area contributed by atoms with E-state index in [0.717, 1.165) is 0 Å². The fourth-order valence-corrected chi connectivity index (χ4v) is 1.81. The van der Waals surface area contributed by atoms with E-state index >= 15 is 0 Å². The van der Waals surface area contributed by atoms with Crippen LogP contribution in [0.2, 0.25) is 10.0 Å². The number of hydrogen-bond donors (Lipinski definition) is 0. The second-order valence-corrected chi connectivity index (χ2v) is 4.42. The van der Waals surface area contributed by atoms with Gasteiger partial charge in [-0.1, -0.05) is 29.3 Å². The quantitative estimate of drug-likeness (QED) is 0.633. The van der Waals surface area contributed by atoms with Crippen LogP contribution in [0.5, 0.6) is 0 Å². The molecule has 102 valence electrons. The van der Waals surface area contributed by atoms with E-state index in [1.165, 1.54) is 20.3 Å². The number of hydrogen-bond acceptors (Lipinski definition) is 4. The second-order valence-electron chi connectivity index (χ2n) is 3.58. The molecule has 0 aliphatic carbocycles. The minimum atomic E-state index is -0.614. The van der Waals surface area contributed by atoms with E-state index < -0.39 is 11.9 Å². The van der Waals surface area contributed by atoms with Gasteiger partial charge in [0.15, 0.2) is 0 Å². The third-order valence-electron chi connectivity index (χ3n) is 2.30. The minimum absolute atomic E-state index is 0.151. The van der Waals surface area contributed by atoms with Crippen LogP contribution in [0.1, 0.15) is 12.0 Å². The Kier molecular flexibility index (Phi) is 5.86. The number of esters is 2. The molecular formula is C13H12Cl2O4. The van der Waals surface area contributed by atoms with E-state index in [9.17, 15) is 9.59 Å². The molecule has 0 N–H and O–H groups in total. The van der Waals surface area contributed by atoms with Crippen LogP contribution < -0.4 is 0 Å². The number of ether oxygens (including phenoxy) is 2. The smallest absolute Gasteiger partial charge is 0.334 e. The summed E-state index contributed by atoms with van der Waals surface area (Å²) in [5, 5.41) is 0.855. The van der Waals surface area contributed by atoms with Crippen molar-refractivity contribution in [1.29, 1.82) is 0 Å². The predicted molar refractivity (Wildman–Crippen MR) is 73.1 cm³/mol. The van der Waals surface area contributed by atoms with Gasteiger partial charge in [-0.25, -0.2) is 4.79 Å². The van der Waals surface area contributed by atoms with Crippen LogP contribution >= 0.6 is 23.2 Å². The summed E-state index contributed by atoms with van der Waals surface area (Å²) >= 11 is 11.8. The molecule has 4 nitrogen and oxygen atoms in total. The molecule has 0 spiro atoms. The standard InChI is InChI=1S/C13H12Cl2O4/c1-18-12(16)6-9(13(17)19-2)5-8-3-4-10(14)7-11(8)15/h3-5,7H,6H2,1-2H3/b9-5-. The molecule has 0 heterocycles. The van der Waals surface area contributed by atoms with Crippen molar-refractivity contribution >= 4 is 41.2 Å². The van der Waals surface area contributed by atoms with Crippen LogP contribution in [-0.4, -0.2) is 26.2 Å². The van der Waals surface area contributed by atoms with Crippen molar-refractivity contribution in [1.82, 2.24) is 0 Å². The summed E-state index contributed by atoms with van der Waals surface area (Å²) in [4.78, 5) is 22.8. The number of benzene rings is 1. The van der Waals surface area contributed by atoms with Gasteiger partial charge in [-0.15, -0.1) is 0 Å². The van der Waals surface area contributed by atoms with Crippen LogP contribution in [-0.2, 0) is 19.1 Å². The van der Waals surface area contributed by atoms with Crippen molar-refractivity contribution in [3.05, 3.63) is 39.4 Å².